The quantitative estimate of drug-likeness (QED) is 0.439. The van der Waals surface area contributed by atoms with E-state index < -0.39 is 0 Å². The van der Waals surface area contributed by atoms with Gasteiger partial charge in [-0.15, -0.1) is 0 Å². The zero-order chi connectivity index (χ0) is 17.6. The summed E-state index contributed by atoms with van der Waals surface area (Å²) in [6.45, 7) is 4.46. The molecule has 0 aliphatic carbocycles. The minimum Gasteiger partial charge on any atom is -0.398 e. The second-order valence-corrected chi connectivity index (χ2v) is 6.59. The first-order valence-corrected chi connectivity index (χ1v) is 9.20. The van der Waals surface area contributed by atoms with E-state index in [2.05, 4.69) is 33.3 Å². The Morgan fingerprint density at radius 1 is 1.28 bits per heavy atom. The summed E-state index contributed by atoms with van der Waals surface area (Å²) in [6, 6.07) is 9.71. The molecule has 0 aliphatic heterocycles. The van der Waals surface area contributed by atoms with Gasteiger partial charge in [0.25, 0.3) is 0 Å². The number of rotatable bonds is 8. The number of aromatic nitrogens is 3. The Morgan fingerprint density at radius 2 is 2.12 bits per heavy atom. The van der Waals surface area contributed by atoms with Crippen molar-refractivity contribution in [1.82, 2.24) is 14.6 Å². The van der Waals surface area contributed by atoms with E-state index in [1.54, 1.807) is 10.7 Å². The topological polar surface area (TPSA) is 77.5 Å². The largest absolute Gasteiger partial charge is 0.398 e. The predicted octanol–water partition coefficient (Wildman–Crippen LogP) is 3.97. The van der Waals surface area contributed by atoms with Crippen molar-refractivity contribution in [2.45, 2.75) is 19.8 Å². The molecule has 0 fully saturated rings. The van der Waals surface area contributed by atoms with Gasteiger partial charge in [0.2, 0.25) is 0 Å². The van der Waals surface area contributed by atoms with Crippen molar-refractivity contribution in [3.05, 3.63) is 41.0 Å². The Bertz CT molecular complexity index is 849. The van der Waals surface area contributed by atoms with Crippen LogP contribution < -0.4 is 11.1 Å². The molecule has 25 heavy (non-hydrogen) atoms. The lowest BCUT2D eigenvalue weighted by Crippen LogP contribution is -2.10. The second-order valence-electron chi connectivity index (χ2n) is 5.73. The predicted molar refractivity (Wildman–Crippen MR) is 105 cm³/mol. The molecule has 0 saturated carbocycles. The molecule has 0 spiro atoms. The van der Waals surface area contributed by atoms with Crippen LogP contribution in [0.3, 0.4) is 0 Å². The average molecular weight is 404 g/mol. The van der Waals surface area contributed by atoms with Crippen molar-refractivity contribution in [1.29, 1.82) is 0 Å². The maximum atomic E-state index is 6.12. The number of para-hydroxylation sites is 1. The van der Waals surface area contributed by atoms with Crippen LogP contribution in [0, 0.1) is 0 Å². The number of hydrogen-bond donors (Lipinski definition) is 2. The summed E-state index contributed by atoms with van der Waals surface area (Å²) in [5.41, 5.74) is 9.30. The SMILES string of the molecule is CCCOCCCNc1cc(-c2ccccc2N)nc2c(Br)cnn12. The molecule has 0 unspecified atom stereocenters. The van der Waals surface area contributed by atoms with Gasteiger partial charge in [-0.2, -0.15) is 9.61 Å². The standard InChI is InChI=1S/C18H22BrN5O/c1-2-9-25-10-5-8-21-17-11-16(13-6-3-4-7-15(13)20)23-18-14(19)12-22-24(17)18/h3-4,6-7,11-12,21H,2,5,8-10,20H2,1H3. The third kappa shape index (κ3) is 4.11. The van der Waals surface area contributed by atoms with Gasteiger partial charge in [-0.25, -0.2) is 4.98 Å². The smallest absolute Gasteiger partial charge is 0.172 e. The lowest BCUT2D eigenvalue weighted by molar-refractivity contribution is 0.134. The fourth-order valence-corrected chi connectivity index (χ4v) is 2.92. The first-order valence-electron chi connectivity index (χ1n) is 8.41. The molecule has 3 aromatic rings. The zero-order valence-electron chi connectivity index (χ0n) is 14.2. The molecule has 3 N–H and O–H groups in total. The van der Waals surface area contributed by atoms with Gasteiger partial charge in [0, 0.05) is 37.1 Å². The Kier molecular flexibility index (Phi) is 5.88. The van der Waals surface area contributed by atoms with Crippen molar-refractivity contribution in [2.75, 3.05) is 30.8 Å². The van der Waals surface area contributed by atoms with E-state index in [0.29, 0.717) is 5.69 Å². The number of halogens is 1. The lowest BCUT2D eigenvalue weighted by Gasteiger charge is -2.12. The fourth-order valence-electron chi connectivity index (χ4n) is 2.57. The molecule has 0 saturated heterocycles. The maximum Gasteiger partial charge on any atom is 0.172 e. The monoisotopic (exact) mass is 403 g/mol. The van der Waals surface area contributed by atoms with Gasteiger partial charge in [0.15, 0.2) is 5.65 Å². The summed E-state index contributed by atoms with van der Waals surface area (Å²) in [5, 5.41) is 7.81. The van der Waals surface area contributed by atoms with Crippen LogP contribution in [-0.2, 0) is 4.74 Å². The number of fused-ring (bicyclic) bond motifs is 1. The van der Waals surface area contributed by atoms with E-state index in [1.165, 1.54) is 0 Å². The molecule has 0 radical (unpaired) electrons. The van der Waals surface area contributed by atoms with Crippen LogP contribution in [-0.4, -0.2) is 34.4 Å². The molecular formula is C18H22BrN5O. The van der Waals surface area contributed by atoms with E-state index in [0.717, 1.165) is 59.8 Å². The first kappa shape index (κ1) is 17.7. The maximum absolute atomic E-state index is 6.12. The summed E-state index contributed by atoms with van der Waals surface area (Å²) >= 11 is 3.51. The van der Waals surface area contributed by atoms with Crippen molar-refractivity contribution in [2.24, 2.45) is 0 Å². The summed E-state index contributed by atoms with van der Waals surface area (Å²) in [5.74, 6) is 0.879. The van der Waals surface area contributed by atoms with E-state index in [9.17, 15) is 0 Å². The van der Waals surface area contributed by atoms with E-state index in [-0.39, 0.29) is 0 Å². The van der Waals surface area contributed by atoms with Crippen molar-refractivity contribution < 1.29 is 4.74 Å². The molecule has 6 nitrogen and oxygen atoms in total. The highest BCUT2D eigenvalue weighted by Crippen LogP contribution is 2.28. The summed E-state index contributed by atoms with van der Waals surface area (Å²) in [4.78, 5) is 4.70. The van der Waals surface area contributed by atoms with Gasteiger partial charge in [0.1, 0.15) is 5.82 Å². The molecule has 0 bridgehead atoms. The number of nitrogens with one attached hydrogen (secondary N) is 1. The Balaban J connectivity index is 1.85. The summed E-state index contributed by atoms with van der Waals surface area (Å²) < 4.78 is 8.16. The van der Waals surface area contributed by atoms with Crippen LogP contribution in [0.1, 0.15) is 19.8 Å². The lowest BCUT2D eigenvalue weighted by atomic mass is 10.1. The van der Waals surface area contributed by atoms with Gasteiger partial charge in [0.05, 0.1) is 16.4 Å². The van der Waals surface area contributed by atoms with Crippen LogP contribution >= 0.6 is 15.9 Å². The molecule has 0 atom stereocenters. The zero-order valence-corrected chi connectivity index (χ0v) is 15.8. The van der Waals surface area contributed by atoms with Gasteiger partial charge < -0.3 is 15.8 Å². The number of hydrogen-bond acceptors (Lipinski definition) is 5. The van der Waals surface area contributed by atoms with E-state index in [1.807, 2.05) is 30.3 Å². The molecule has 2 aromatic heterocycles. The van der Waals surface area contributed by atoms with Crippen LogP contribution in [0.25, 0.3) is 16.9 Å². The van der Waals surface area contributed by atoms with Crippen LogP contribution in [0.2, 0.25) is 0 Å². The molecular weight excluding hydrogens is 382 g/mol. The van der Waals surface area contributed by atoms with Crippen LogP contribution in [0.15, 0.2) is 41.0 Å². The van der Waals surface area contributed by atoms with Crippen molar-refractivity contribution in [3.63, 3.8) is 0 Å². The molecule has 3 rings (SSSR count). The minimum atomic E-state index is 0.703. The Hall–Kier alpha value is -2.12. The van der Waals surface area contributed by atoms with Crippen molar-refractivity contribution >= 4 is 33.1 Å². The number of anilines is 2. The van der Waals surface area contributed by atoms with Crippen molar-refractivity contribution in [3.8, 4) is 11.3 Å². The second kappa shape index (κ2) is 8.31. The summed E-state index contributed by atoms with van der Waals surface area (Å²) in [7, 11) is 0. The third-order valence-electron chi connectivity index (χ3n) is 3.79. The van der Waals surface area contributed by atoms with Crippen LogP contribution in [0.4, 0.5) is 11.5 Å². The molecule has 0 amide bonds. The van der Waals surface area contributed by atoms with E-state index >= 15 is 0 Å². The average Bonchev–Trinajstić information content (AvgIpc) is 2.99. The molecule has 7 heteroatoms. The highest BCUT2D eigenvalue weighted by molar-refractivity contribution is 9.10. The number of benzene rings is 1. The third-order valence-corrected chi connectivity index (χ3v) is 4.34. The minimum absolute atomic E-state index is 0.703. The number of nitrogens with zero attached hydrogens (tertiary/aromatic N) is 3. The fraction of sp³-hybridized carbons (Fsp3) is 0.333. The number of nitrogen functional groups attached to an aromatic ring is 1. The normalized spacial score (nSPS) is 11.1. The first-order chi connectivity index (χ1) is 12.2. The van der Waals surface area contributed by atoms with Gasteiger partial charge in [-0.1, -0.05) is 25.1 Å². The number of ether oxygens (including phenoxy) is 1. The van der Waals surface area contributed by atoms with Gasteiger partial charge in [-0.3, -0.25) is 0 Å². The molecule has 2 heterocycles. The Morgan fingerprint density at radius 3 is 2.92 bits per heavy atom. The number of nitrogens with two attached hydrogens (primary N) is 1. The van der Waals surface area contributed by atoms with Gasteiger partial charge in [-0.05, 0) is 34.8 Å². The van der Waals surface area contributed by atoms with E-state index in [4.69, 9.17) is 15.5 Å². The van der Waals surface area contributed by atoms with Gasteiger partial charge >= 0.3 is 0 Å². The summed E-state index contributed by atoms with van der Waals surface area (Å²) in [6.07, 6.45) is 3.71. The molecule has 1 aromatic carbocycles. The molecule has 0 aliphatic rings. The molecule has 132 valence electrons. The highest BCUT2D eigenvalue weighted by atomic mass is 79.9. The van der Waals surface area contributed by atoms with Crippen LogP contribution in [0.5, 0.6) is 0 Å². The highest BCUT2D eigenvalue weighted by Gasteiger charge is 2.12. The Labute approximate surface area is 155 Å².